The van der Waals surface area contributed by atoms with Crippen molar-refractivity contribution in [3.05, 3.63) is 35.1 Å². The van der Waals surface area contributed by atoms with Crippen molar-refractivity contribution in [3.8, 4) is 0 Å². The summed E-state index contributed by atoms with van der Waals surface area (Å²) in [4.78, 5) is 14.0. The van der Waals surface area contributed by atoms with Crippen LogP contribution < -0.4 is 5.73 Å². The molecule has 1 heterocycles. The Morgan fingerprint density at radius 2 is 1.62 bits per heavy atom. The van der Waals surface area contributed by atoms with Crippen LogP contribution in [0.1, 0.15) is 44.1 Å². The highest BCUT2D eigenvalue weighted by Gasteiger charge is 2.34. The molecule has 29 heavy (non-hydrogen) atoms. The van der Waals surface area contributed by atoms with E-state index in [4.69, 9.17) is 5.73 Å². The Morgan fingerprint density at radius 3 is 2.24 bits per heavy atom. The Morgan fingerprint density at radius 1 is 1.03 bits per heavy atom. The normalized spacial score (nSPS) is 20.2. The Kier molecular flexibility index (Phi) is 6.88. The van der Waals surface area contributed by atoms with Crippen molar-refractivity contribution in [1.29, 1.82) is 0 Å². The molecule has 1 aromatic rings. The fourth-order valence-electron chi connectivity index (χ4n) is 4.35. The lowest BCUT2D eigenvalue weighted by molar-refractivity contribution is -0.129. The van der Waals surface area contributed by atoms with Crippen molar-refractivity contribution in [1.82, 2.24) is 4.90 Å². The van der Waals surface area contributed by atoms with E-state index >= 15 is 0 Å². The highest BCUT2D eigenvalue weighted by Crippen LogP contribution is 2.27. The van der Waals surface area contributed by atoms with E-state index < -0.39 is 44.3 Å². The number of nitrogens with two attached hydrogens (primary N) is 1. The van der Waals surface area contributed by atoms with Crippen LogP contribution in [-0.2, 0) is 21.1 Å². The summed E-state index contributed by atoms with van der Waals surface area (Å²) in [6.45, 7) is 0.773. The molecular weight excluding hydrogens is 405 g/mol. The minimum absolute atomic E-state index is 0.0157. The topological polar surface area (TPSA) is 80.5 Å². The number of hydrogen-bond acceptors (Lipinski definition) is 4. The summed E-state index contributed by atoms with van der Waals surface area (Å²) in [6, 6.07) is 0.884. The molecule has 162 valence electrons. The van der Waals surface area contributed by atoms with Crippen molar-refractivity contribution in [2.75, 3.05) is 18.8 Å². The molecule has 0 radical (unpaired) electrons. The SMILES string of the molecule is N[C@H](Cc1cc(F)c(F)cc1F)C1CCN(C(=O)CS(=O)(=O)C2CCCC2)CC1. The van der Waals surface area contributed by atoms with Gasteiger partial charge in [-0.1, -0.05) is 12.8 Å². The minimum atomic E-state index is -3.42. The largest absolute Gasteiger partial charge is 0.342 e. The van der Waals surface area contributed by atoms with Crippen molar-refractivity contribution in [3.63, 3.8) is 0 Å². The zero-order valence-corrected chi connectivity index (χ0v) is 17.1. The number of likely N-dealkylation sites (tertiary alicyclic amines) is 1. The van der Waals surface area contributed by atoms with Gasteiger partial charge in [0.05, 0.1) is 5.25 Å². The van der Waals surface area contributed by atoms with Crippen molar-refractivity contribution >= 4 is 15.7 Å². The van der Waals surface area contributed by atoms with Gasteiger partial charge in [0.25, 0.3) is 0 Å². The molecule has 3 rings (SSSR count). The second kappa shape index (κ2) is 9.04. The summed E-state index contributed by atoms with van der Waals surface area (Å²) >= 11 is 0. The molecule has 2 fully saturated rings. The maximum absolute atomic E-state index is 13.8. The molecule has 1 aliphatic heterocycles. The van der Waals surface area contributed by atoms with Crippen LogP contribution in [0.3, 0.4) is 0 Å². The van der Waals surface area contributed by atoms with Gasteiger partial charge in [-0.25, -0.2) is 21.6 Å². The van der Waals surface area contributed by atoms with Crippen LogP contribution in [-0.4, -0.2) is 49.4 Å². The van der Waals surface area contributed by atoms with Crippen molar-refractivity contribution < 1.29 is 26.4 Å². The first-order chi connectivity index (χ1) is 13.7. The van der Waals surface area contributed by atoms with E-state index in [1.165, 1.54) is 0 Å². The quantitative estimate of drug-likeness (QED) is 0.701. The summed E-state index contributed by atoms with van der Waals surface area (Å²) in [6.07, 6.45) is 4.22. The van der Waals surface area contributed by atoms with Gasteiger partial charge in [0.2, 0.25) is 5.91 Å². The molecule has 1 aromatic carbocycles. The van der Waals surface area contributed by atoms with E-state index in [2.05, 4.69) is 0 Å². The Balaban J connectivity index is 1.52. The van der Waals surface area contributed by atoms with Gasteiger partial charge in [-0.3, -0.25) is 4.79 Å². The molecule has 0 unspecified atom stereocenters. The lowest BCUT2D eigenvalue weighted by Gasteiger charge is -2.35. The lowest BCUT2D eigenvalue weighted by Crippen LogP contribution is -2.46. The van der Waals surface area contributed by atoms with Crippen molar-refractivity contribution in [2.45, 2.75) is 56.2 Å². The highest BCUT2D eigenvalue weighted by atomic mass is 32.2. The smallest absolute Gasteiger partial charge is 0.237 e. The van der Waals surface area contributed by atoms with Gasteiger partial charge in [0.1, 0.15) is 11.6 Å². The van der Waals surface area contributed by atoms with E-state index in [0.717, 1.165) is 18.9 Å². The van der Waals surface area contributed by atoms with Crippen molar-refractivity contribution in [2.24, 2.45) is 11.7 Å². The van der Waals surface area contributed by atoms with Gasteiger partial charge >= 0.3 is 0 Å². The summed E-state index contributed by atoms with van der Waals surface area (Å²) in [5.74, 6) is -4.02. The molecule has 2 aliphatic rings. The molecule has 0 aromatic heterocycles. The molecular formula is C20H27F3N2O3S. The van der Waals surface area contributed by atoms with Gasteiger partial charge in [-0.15, -0.1) is 0 Å². The number of nitrogens with zero attached hydrogens (tertiary/aromatic N) is 1. The third-order valence-corrected chi connectivity index (χ3v) is 8.31. The zero-order chi connectivity index (χ0) is 21.2. The fourth-order valence-corrected chi connectivity index (χ4v) is 6.16. The van der Waals surface area contributed by atoms with Crippen LogP contribution in [0, 0.1) is 23.4 Å². The monoisotopic (exact) mass is 432 g/mol. The first-order valence-electron chi connectivity index (χ1n) is 10.1. The number of sulfone groups is 1. The molecule has 1 saturated heterocycles. The van der Waals surface area contributed by atoms with E-state index in [1.807, 2.05) is 0 Å². The highest BCUT2D eigenvalue weighted by molar-refractivity contribution is 7.92. The van der Waals surface area contributed by atoms with Crippen LogP contribution >= 0.6 is 0 Å². The number of amides is 1. The number of carbonyl (C=O) groups excluding carboxylic acids is 1. The maximum Gasteiger partial charge on any atom is 0.237 e. The van der Waals surface area contributed by atoms with E-state index in [-0.39, 0.29) is 23.8 Å². The lowest BCUT2D eigenvalue weighted by atomic mass is 9.86. The van der Waals surface area contributed by atoms with Crippen LogP contribution in [0.25, 0.3) is 0 Å². The number of halogens is 3. The molecule has 1 saturated carbocycles. The third-order valence-electron chi connectivity index (χ3n) is 6.18. The molecule has 5 nitrogen and oxygen atoms in total. The van der Waals surface area contributed by atoms with Gasteiger partial charge in [0, 0.05) is 25.2 Å². The van der Waals surface area contributed by atoms with Gasteiger partial charge in [0.15, 0.2) is 21.5 Å². The average molecular weight is 433 g/mol. The van der Waals surface area contributed by atoms with Crippen LogP contribution in [0.2, 0.25) is 0 Å². The first kappa shape index (κ1) is 22.1. The zero-order valence-electron chi connectivity index (χ0n) is 16.2. The second-order valence-corrected chi connectivity index (χ2v) is 10.4. The van der Waals surface area contributed by atoms with E-state index in [9.17, 15) is 26.4 Å². The van der Waals surface area contributed by atoms with E-state index in [1.54, 1.807) is 4.90 Å². The predicted molar refractivity (Wildman–Crippen MR) is 103 cm³/mol. The summed E-state index contributed by atoms with van der Waals surface area (Å²) < 4.78 is 65.0. The minimum Gasteiger partial charge on any atom is -0.342 e. The molecule has 0 spiro atoms. The summed E-state index contributed by atoms with van der Waals surface area (Å²) in [5.41, 5.74) is 6.19. The summed E-state index contributed by atoms with van der Waals surface area (Å²) in [5, 5.41) is -0.400. The van der Waals surface area contributed by atoms with Crippen LogP contribution in [0.5, 0.6) is 0 Å². The van der Waals surface area contributed by atoms with Crippen LogP contribution in [0.4, 0.5) is 13.2 Å². The fraction of sp³-hybridized carbons (Fsp3) is 0.650. The maximum atomic E-state index is 13.8. The Bertz CT molecular complexity index is 849. The van der Waals surface area contributed by atoms with Crippen LogP contribution in [0.15, 0.2) is 12.1 Å². The van der Waals surface area contributed by atoms with E-state index in [0.29, 0.717) is 44.8 Å². The number of piperidine rings is 1. The molecule has 1 aliphatic carbocycles. The molecule has 9 heteroatoms. The van der Waals surface area contributed by atoms with Gasteiger partial charge in [-0.05, 0) is 49.7 Å². The average Bonchev–Trinajstić information content (AvgIpc) is 3.21. The number of rotatable bonds is 6. The predicted octanol–water partition coefficient (Wildman–Crippen LogP) is 2.57. The number of carbonyl (C=O) groups is 1. The Hall–Kier alpha value is -1.61. The number of hydrogen-bond donors (Lipinski definition) is 1. The Labute approximate surface area is 169 Å². The second-order valence-electron chi connectivity index (χ2n) is 8.16. The molecule has 0 bridgehead atoms. The molecule has 1 atom stereocenters. The summed E-state index contributed by atoms with van der Waals surface area (Å²) in [7, 11) is -3.42. The van der Waals surface area contributed by atoms with Gasteiger partial charge < -0.3 is 10.6 Å². The first-order valence-corrected chi connectivity index (χ1v) is 11.8. The third kappa shape index (κ3) is 5.31. The standard InChI is InChI=1S/C20H27F3N2O3S/c21-16-11-18(23)17(22)9-14(16)10-19(24)13-5-7-25(8-6-13)20(26)12-29(27,28)15-3-1-2-4-15/h9,11,13,15,19H,1-8,10,12,24H2/t19-/m1/s1. The van der Waals surface area contributed by atoms with Gasteiger partial charge in [-0.2, -0.15) is 0 Å². The molecule has 2 N–H and O–H groups in total. The molecule has 1 amide bonds. The number of benzene rings is 1.